The molecule has 0 aromatic heterocycles. The van der Waals surface area contributed by atoms with Crippen molar-refractivity contribution in [3.8, 4) is 11.1 Å². The van der Waals surface area contributed by atoms with Crippen molar-refractivity contribution in [1.82, 2.24) is 0 Å². The maximum absolute atomic E-state index is 14.8. The van der Waals surface area contributed by atoms with Gasteiger partial charge in [-0.1, -0.05) is 61.7 Å². The van der Waals surface area contributed by atoms with E-state index in [1.54, 1.807) is 0 Å². The molecule has 2 saturated carbocycles. The predicted octanol–water partition coefficient (Wildman–Crippen LogP) is 7.90. The lowest BCUT2D eigenvalue weighted by Crippen LogP contribution is -2.24. The fourth-order valence-electron chi connectivity index (χ4n) is 5.43. The van der Waals surface area contributed by atoms with E-state index in [0.717, 1.165) is 28.9 Å². The molecule has 144 valence electrons. The topological polar surface area (TPSA) is 0 Å². The monoisotopic (exact) mass is 364 g/mol. The van der Waals surface area contributed by atoms with Gasteiger partial charge < -0.3 is 0 Å². The van der Waals surface area contributed by atoms with Crippen molar-refractivity contribution >= 4 is 0 Å². The first kappa shape index (κ1) is 18.7. The Morgan fingerprint density at radius 1 is 0.741 bits per heavy atom. The predicted molar refractivity (Wildman–Crippen MR) is 112 cm³/mol. The molecular formula is C26H33F. The van der Waals surface area contributed by atoms with Crippen LogP contribution in [0.1, 0.15) is 75.3 Å². The maximum atomic E-state index is 14.8. The first-order chi connectivity index (χ1) is 13.1. The van der Waals surface area contributed by atoms with E-state index in [9.17, 15) is 4.39 Å². The molecule has 2 fully saturated rings. The quantitative estimate of drug-likeness (QED) is 0.519. The Morgan fingerprint density at radius 2 is 1.33 bits per heavy atom. The van der Waals surface area contributed by atoms with Gasteiger partial charge in [-0.15, -0.1) is 0 Å². The zero-order chi connectivity index (χ0) is 18.8. The molecular weight excluding hydrogens is 331 g/mol. The molecule has 0 unspecified atom stereocenters. The molecule has 2 aliphatic rings. The zero-order valence-corrected chi connectivity index (χ0v) is 16.9. The molecule has 27 heavy (non-hydrogen) atoms. The van der Waals surface area contributed by atoms with Gasteiger partial charge in [-0.25, -0.2) is 4.39 Å². The van der Waals surface area contributed by atoms with Gasteiger partial charge in [-0.3, -0.25) is 0 Å². The summed E-state index contributed by atoms with van der Waals surface area (Å²) in [6, 6.07) is 14.1. The Hall–Kier alpha value is -1.63. The van der Waals surface area contributed by atoms with Crippen LogP contribution in [0.4, 0.5) is 4.39 Å². The minimum Gasteiger partial charge on any atom is -0.206 e. The second kappa shape index (κ2) is 8.17. The number of hydrogen-bond acceptors (Lipinski definition) is 0. The molecule has 0 atom stereocenters. The molecule has 2 aromatic carbocycles. The van der Waals surface area contributed by atoms with Crippen LogP contribution in [0.25, 0.3) is 11.1 Å². The van der Waals surface area contributed by atoms with Crippen molar-refractivity contribution in [2.45, 2.75) is 71.1 Å². The van der Waals surface area contributed by atoms with E-state index < -0.39 is 0 Å². The first-order valence-corrected chi connectivity index (χ1v) is 11.0. The number of hydrogen-bond donors (Lipinski definition) is 0. The summed E-state index contributed by atoms with van der Waals surface area (Å²) in [6.07, 6.45) is 10.9. The van der Waals surface area contributed by atoms with Gasteiger partial charge in [0.05, 0.1) is 0 Å². The van der Waals surface area contributed by atoms with Crippen LogP contribution >= 0.6 is 0 Å². The third kappa shape index (κ3) is 4.28. The standard InChI is InChI=1S/C26H33F/c1-18-3-7-20(8-4-18)21-11-13-22(14-12-21)24-15-16-25(26(27)17-24)23-9-5-19(2)6-10-23/h5-6,9-10,15-18,20-22H,3-4,7-8,11-14H2,1-2H3. The fourth-order valence-corrected chi connectivity index (χ4v) is 5.43. The fraction of sp³-hybridized carbons (Fsp3) is 0.538. The van der Waals surface area contributed by atoms with Crippen LogP contribution in [0.3, 0.4) is 0 Å². The molecule has 2 aromatic rings. The van der Waals surface area contributed by atoms with Crippen LogP contribution in [-0.4, -0.2) is 0 Å². The molecule has 0 amide bonds. The van der Waals surface area contributed by atoms with E-state index in [1.165, 1.54) is 62.5 Å². The van der Waals surface area contributed by atoms with Crippen molar-refractivity contribution < 1.29 is 4.39 Å². The molecule has 0 saturated heterocycles. The molecule has 1 heteroatoms. The average molecular weight is 365 g/mol. The third-order valence-corrected chi connectivity index (χ3v) is 7.33. The summed E-state index contributed by atoms with van der Waals surface area (Å²) in [5.74, 6) is 3.30. The lowest BCUT2D eigenvalue weighted by Gasteiger charge is -2.37. The van der Waals surface area contributed by atoms with Crippen LogP contribution in [-0.2, 0) is 0 Å². The lowest BCUT2D eigenvalue weighted by molar-refractivity contribution is 0.165. The zero-order valence-electron chi connectivity index (χ0n) is 16.9. The minimum atomic E-state index is -0.0697. The van der Waals surface area contributed by atoms with Crippen LogP contribution in [0.15, 0.2) is 42.5 Å². The second-order valence-electron chi connectivity index (χ2n) is 9.24. The van der Waals surface area contributed by atoms with E-state index in [1.807, 2.05) is 24.3 Å². The average Bonchev–Trinajstić information content (AvgIpc) is 2.69. The maximum Gasteiger partial charge on any atom is 0.131 e. The Bertz CT molecular complexity index is 744. The summed E-state index contributed by atoms with van der Waals surface area (Å²) in [4.78, 5) is 0. The highest BCUT2D eigenvalue weighted by Gasteiger charge is 2.30. The Kier molecular flexibility index (Phi) is 5.66. The summed E-state index contributed by atoms with van der Waals surface area (Å²) in [7, 11) is 0. The molecule has 0 bridgehead atoms. The minimum absolute atomic E-state index is 0.0697. The summed E-state index contributed by atoms with van der Waals surface area (Å²) in [5.41, 5.74) is 4.11. The van der Waals surface area contributed by atoms with Gasteiger partial charge in [0.1, 0.15) is 5.82 Å². The number of halogens is 1. The van der Waals surface area contributed by atoms with Crippen LogP contribution in [0.2, 0.25) is 0 Å². The highest BCUT2D eigenvalue weighted by molar-refractivity contribution is 5.64. The molecule has 4 rings (SSSR count). The van der Waals surface area contributed by atoms with Crippen molar-refractivity contribution in [2.75, 3.05) is 0 Å². The van der Waals surface area contributed by atoms with Crippen molar-refractivity contribution in [2.24, 2.45) is 17.8 Å². The molecule has 0 nitrogen and oxygen atoms in total. The molecule has 0 spiro atoms. The largest absolute Gasteiger partial charge is 0.206 e. The van der Waals surface area contributed by atoms with Crippen molar-refractivity contribution in [1.29, 1.82) is 0 Å². The van der Waals surface area contributed by atoms with Crippen LogP contribution < -0.4 is 0 Å². The molecule has 0 N–H and O–H groups in total. The Morgan fingerprint density at radius 3 is 1.93 bits per heavy atom. The smallest absolute Gasteiger partial charge is 0.131 e. The molecule has 0 radical (unpaired) electrons. The molecule has 0 heterocycles. The van der Waals surface area contributed by atoms with Gasteiger partial charge in [0.15, 0.2) is 0 Å². The normalized spacial score (nSPS) is 28.9. The van der Waals surface area contributed by atoms with Gasteiger partial charge in [0.2, 0.25) is 0 Å². The van der Waals surface area contributed by atoms with E-state index in [0.29, 0.717) is 5.92 Å². The van der Waals surface area contributed by atoms with E-state index in [-0.39, 0.29) is 5.82 Å². The highest BCUT2D eigenvalue weighted by atomic mass is 19.1. The van der Waals surface area contributed by atoms with E-state index in [4.69, 9.17) is 0 Å². The van der Waals surface area contributed by atoms with E-state index in [2.05, 4.69) is 32.0 Å². The van der Waals surface area contributed by atoms with Crippen molar-refractivity contribution in [3.63, 3.8) is 0 Å². The first-order valence-electron chi connectivity index (χ1n) is 11.0. The summed E-state index contributed by atoms with van der Waals surface area (Å²) < 4.78 is 14.8. The van der Waals surface area contributed by atoms with Gasteiger partial charge in [0.25, 0.3) is 0 Å². The Labute approximate surface area is 164 Å². The Balaban J connectivity index is 1.40. The SMILES string of the molecule is Cc1ccc(-c2ccc(C3CCC(C4CCC(C)CC4)CC3)cc2F)cc1. The van der Waals surface area contributed by atoms with Crippen LogP contribution in [0, 0.1) is 30.5 Å². The van der Waals surface area contributed by atoms with E-state index >= 15 is 0 Å². The molecule has 2 aliphatic carbocycles. The van der Waals surface area contributed by atoms with Gasteiger partial charge in [0, 0.05) is 5.56 Å². The summed E-state index contributed by atoms with van der Waals surface area (Å²) >= 11 is 0. The van der Waals surface area contributed by atoms with Gasteiger partial charge >= 0.3 is 0 Å². The van der Waals surface area contributed by atoms with Crippen LogP contribution in [0.5, 0.6) is 0 Å². The number of rotatable bonds is 3. The number of benzene rings is 2. The summed E-state index contributed by atoms with van der Waals surface area (Å²) in [6.45, 7) is 4.47. The molecule has 0 aliphatic heterocycles. The van der Waals surface area contributed by atoms with Gasteiger partial charge in [-0.05, 0) is 86.3 Å². The lowest BCUT2D eigenvalue weighted by atomic mass is 9.68. The van der Waals surface area contributed by atoms with Gasteiger partial charge in [-0.2, -0.15) is 0 Å². The third-order valence-electron chi connectivity index (χ3n) is 7.33. The highest BCUT2D eigenvalue weighted by Crippen LogP contribution is 2.44. The number of aryl methyl sites for hydroxylation is 1. The van der Waals surface area contributed by atoms with Crippen molar-refractivity contribution in [3.05, 3.63) is 59.4 Å². The second-order valence-corrected chi connectivity index (χ2v) is 9.24. The summed E-state index contributed by atoms with van der Waals surface area (Å²) in [5, 5.41) is 0.